The summed E-state index contributed by atoms with van der Waals surface area (Å²) in [7, 11) is 1.75. The molecule has 0 saturated heterocycles. The standard InChI is InChI=1S/C43H45BNO2/c1-40(2)36-16-11-9-10-14-32(36)34-24-22-30(26-38(34)40)45(29-20-18-28(19-21-29)44-47-43(7,8)42(5,6)46)31-23-25-35-33-15-12-13-17-37(33)41(3,4)39(35)27-31/h9-10,12-27,46H,11H2,1-8H3. The molecule has 0 atom stereocenters. The molecule has 0 fully saturated rings. The van der Waals surface area contributed by atoms with E-state index in [4.69, 9.17) is 4.65 Å². The van der Waals surface area contributed by atoms with E-state index in [0.29, 0.717) is 0 Å². The summed E-state index contributed by atoms with van der Waals surface area (Å²) in [6, 6.07) is 31.3. The maximum absolute atomic E-state index is 10.6. The summed E-state index contributed by atoms with van der Waals surface area (Å²) in [6.07, 6.45) is 10.1. The minimum absolute atomic E-state index is 0.0973. The van der Waals surface area contributed by atoms with Crippen LogP contribution in [0.15, 0.2) is 115 Å². The van der Waals surface area contributed by atoms with E-state index in [1.165, 1.54) is 44.5 Å². The number of nitrogens with zero attached hydrogens (tertiary/aromatic N) is 1. The molecule has 1 N–H and O–H groups in total. The van der Waals surface area contributed by atoms with Crippen LogP contribution in [-0.2, 0) is 15.5 Å². The molecule has 0 amide bonds. The van der Waals surface area contributed by atoms with Gasteiger partial charge in [0, 0.05) is 27.9 Å². The first-order valence-corrected chi connectivity index (χ1v) is 16.8. The Kier molecular flexibility index (Phi) is 7.35. The van der Waals surface area contributed by atoms with Gasteiger partial charge in [-0.15, -0.1) is 0 Å². The van der Waals surface area contributed by atoms with Crippen LogP contribution in [0.1, 0.15) is 84.1 Å². The number of hydrogen-bond acceptors (Lipinski definition) is 3. The highest BCUT2D eigenvalue weighted by molar-refractivity contribution is 6.47. The van der Waals surface area contributed by atoms with Gasteiger partial charge in [-0.25, -0.2) is 0 Å². The van der Waals surface area contributed by atoms with Crippen LogP contribution in [0.4, 0.5) is 17.1 Å². The van der Waals surface area contributed by atoms with E-state index in [1.54, 1.807) is 21.3 Å². The van der Waals surface area contributed by atoms with Crippen LogP contribution in [0.3, 0.4) is 0 Å². The minimum atomic E-state index is -0.985. The Hall–Kier alpha value is -4.12. The van der Waals surface area contributed by atoms with Gasteiger partial charge in [0.1, 0.15) is 0 Å². The van der Waals surface area contributed by atoms with Gasteiger partial charge >= 0.3 is 7.48 Å². The van der Waals surface area contributed by atoms with Gasteiger partial charge < -0.3 is 14.7 Å². The van der Waals surface area contributed by atoms with Crippen molar-refractivity contribution in [1.29, 1.82) is 0 Å². The van der Waals surface area contributed by atoms with Crippen LogP contribution in [0.5, 0.6) is 0 Å². The van der Waals surface area contributed by atoms with Gasteiger partial charge in [0.25, 0.3) is 0 Å². The Morgan fingerprint density at radius 3 is 1.98 bits per heavy atom. The fourth-order valence-corrected chi connectivity index (χ4v) is 7.36. The summed E-state index contributed by atoms with van der Waals surface area (Å²) in [5, 5.41) is 10.6. The molecule has 0 aliphatic heterocycles. The Morgan fingerprint density at radius 2 is 1.30 bits per heavy atom. The third-order valence-electron chi connectivity index (χ3n) is 11.0. The Labute approximate surface area is 281 Å². The second-order valence-corrected chi connectivity index (χ2v) is 15.3. The van der Waals surface area contributed by atoms with Crippen molar-refractivity contribution in [3.63, 3.8) is 0 Å². The second kappa shape index (κ2) is 11.0. The molecule has 47 heavy (non-hydrogen) atoms. The molecule has 3 nitrogen and oxygen atoms in total. The van der Waals surface area contributed by atoms with Gasteiger partial charge in [-0.3, -0.25) is 0 Å². The molecule has 0 unspecified atom stereocenters. The fraction of sp³-hybridized carbons (Fsp3) is 0.302. The average molecular weight is 619 g/mol. The largest absolute Gasteiger partial charge is 0.427 e. The molecular weight excluding hydrogens is 573 g/mol. The van der Waals surface area contributed by atoms with E-state index >= 15 is 0 Å². The van der Waals surface area contributed by atoms with Crippen molar-refractivity contribution < 1.29 is 9.76 Å². The number of fused-ring (bicyclic) bond motifs is 6. The van der Waals surface area contributed by atoms with E-state index in [-0.39, 0.29) is 10.8 Å². The molecule has 4 heteroatoms. The highest BCUT2D eigenvalue weighted by atomic mass is 16.5. The molecule has 3 aliphatic rings. The predicted molar refractivity (Wildman–Crippen MR) is 198 cm³/mol. The highest BCUT2D eigenvalue weighted by Gasteiger charge is 2.40. The van der Waals surface area contributed by atoms with Crippen molar-refractivity contribution in [2.75, 3.05) is 4.90 Å². The zero-order chi connectivity index (χ0) is 33.4. The Balaban J connectivity index is 1.33. The summed E-state index contributed by atoms with van der Waals surface area (Å²) in [5.74, 6) is 0. The molecule has 4 aromatic rings. The van der Waals surface area contributed by atoms with Gasteiger partial charge in [0.2, 0.25) is 0 Å². The lowest BCUT2D eigenvalue weighted by atomic mass is 9.81. The molecule has 237 valence electrons. The Morgan fingerprint density at radius 1 is 0.702 bits per heavy atom. The summed E-state index contributed by atoms with van der Waals surface area (Å²) >= 11 is 0. The first-order valence-electron chi connectivity index (χ1n) is 16.8. The van der Waals surface area contributed by atoms with Crippen LogP contribution < -0.4 is 10.4 Å². The number of hydrogen-bond donors (Lipinski definition) is 1. The molecule has 1 radical (unpaired) electrons. The molecule has 0 spiro atoms. The number of rotatable bonds is 7. The van der Waals surface area contributed by atoms with Crippen LogP contribution >= 0.6 is 0 Å². The van der Waals surface area contributed by atoms with Gasteiger partial charge in [-0.05, 0) is 115 Å². The third kappa shape index (κ3) is 5.14. The third-order valence-corrected chi connectivity index (χ3v) is 11.0. The SMILES string of the molecule is CC1(C)C2=CCC=CC=C2c2ccc(N(c3ccc([B]OC(C)(C)C(C)(C)O)cc3)c3ccc4c(c3)C(C)(C)c3ccccc3-4)cc21. The number of benzene rings is 4. The first-order chi connectivity index (χ1) is 22.2. The molecule has 3 aliphatic carbocycles. The van der Waals surface area contributed by atoms with E-state index in [2.05, 4.69) is 142 Å². The fourth-order valence-electron chi connectivity index (χ4n) is 7.36. The van der Waals surface area contributed by atoms with Crippen molar-refractivity contribution in [2.24, 2.45) is 0 Å². The lowest BCUT2D eigenvalue weighted by Gasteiger charge is -2.37. The van der Waals surface area contributed by atoms with Crippen molar-refractivity contribution >= 4 is 35.6 Å². The maximum atomic E-state index is 10.6. The minimum Gasteiger partial charge on any atom is -0.427 e. The van der Waals surface area contributed by atoms with Crippen LogP contribution in [0, 0.1) is 0 Å². The monoisotopic (exact) mass is 618 g/mol. The number of aliphatic hydroxyl groups is 1. The highest BCUT2D eigenvalue weighted by Crippen LogP contribution is 2.53. The van der Waals surface area contributed by atoms with Crippen LogP contribution in [0.2, 0.25) is 0 Å². The van der Waals surface area contributed by atoms with Gasteiger partial charge in [-0.1, -0.05) is 106 Å². The molecular formula is C43H45BNO2. The molecule has 7 rings (SSSR count). The molecule has 0 aromatic heterocycles. The summed E-state index contributed by atoms with van der Waals surface area (Å²) < 4.78 is 6.08. The van der Waals surface area contributed by atoms with Crippen LogP contribution in [-0.4, -0.2) is 23.8 Å². The summed E-state index contributed by atoms with van der Waals surface area (Å²) in [4.78, 5) is 2.39. The zero-order valence-corrected chi connectivity index (χ0v) is 29.0. The van der Waals surface area contributed by atoms with E-state index < -0.39 is 11.2 Å². The molecule has 0 saturated carbocycles. The molecule has 4 aromatic carbocycles. The Bertz CT molecular complexity index is 1970. The summed E-state index contributed by atoms with van der Waals surface area (Å²) in [6.45, 7) is 16.7. The van der Waals surface area contributed by atoms with Gasteiger partial charge in [0.15, 0.2) is 0 Å². The lowest BCUT2D eigenvalue weighted by Crippen LogP contribution is -2.49. The topological polar surface area (TPSA) is 32.7 Å². The van der Waals surface area contributed by atoms with Gasteiger partial charge in [0.05, 0.1) is 11.2 Å². The number of allylic oxidation sites excluding steroid dienone is 6. The van der Waals surface area contributed by atoms with Gasteiger partial charge in [-0.2, -0.15) is 0 Å². The van der Waals surface area contributed by atoms with Crippen molar-refractivity contribution in [1.82, 2.24) is 0 Å². The molecule has 0 bridgehead atoms. The molecule has 0 heterocycles. The normalized spacial score (nSPS) is 17.1. The average Bonchev–Trinajstić information content (AvgIpc) is 3.23. The maximum Gasteiger partial charge on any atom is 0.330 e. The predicted octanol–water partition coefficient (Wildman–Crippen LogP) is 9.83. The van der Waals surface area contributed by atoms with Crippen molar-refractivity contribution in [2.45, 2.75) is 83.8 Å². The first kappa shape index (κ1) is 31.5. The zero-order valence-electron chi connectivity index (χ0n) is 29.0. The summed E-state index contributed by atoms with van der Waals surface area (Å²) in [5.41, 5.74) is 13.1. The quantitative estimate of drug-likeness (QED) is 0.209. The smallest absolute Gasteiger partial charge is 0.330 e. The van der Waals surface area contributed by atoms with Crippen molar-refractivity contribution in [3.05, 3.63) is 137 Å². The van der Waals surface area contributed by atoms with Crippen molar-refractivity contribution in [3.8, 4) is 11.1 Å². The van der Waals surface area contributed by atoms with E-state index in [9.17, 15) is 5.11 Å². The van der Waals surface area contributed by atoms with E-state index in [1.807, 2.05) is 13.8 Å². The van der Waals surface area contributed by atoms with Crippen LogP contribution in [0.25, 0.3) is 16.7 Å². The second-order valence-electron chi connectivity index (χ2n) is 15.3. The number of anilines is 3. The lowest BCUT2D eigenvalue weighted by molar-refractivity contribution is -0.0893. The van der Waals surface area contributed by atoms with E-state index in [0.717, 1.165) is 28.9 Å².